The van der Waals surface area contributed by atoms with Crippen molar-refractivity contribution in [1.29, 1.82) is 0 Å². The molecule has 1 unspecified atom stereocenters. The summed E-state index contributed by atoms with van der Waals surface area (Å²) >= 11 is 0. The first-order valence-corrected chi connectivity index (χ1v) is 5.77. The van der Waals surface area contributed by atoms with Crippen molar-refractivity contribution < 1.29 is 9.50 Å². The van der Waals surface area contributed by atoms with Gasteiger partial charge in [0.15, 0.2) is 0 Å². The lowest BCUT2D eigenvalue weighted by Gasteiger charge is -2.08. The number of pyridine rings is 1. The lowest BCUT2D eigenvalue weighted by atomic mass is 10.1. The number of halogens is 2. The molecule has 1 aromatic heterocycles. The summed E-state index contributed by atoms with van der Waals surface area (Å²) in [5.41, 5.74) is 8.12. The van der Waals surface area contributed by atoms with E-state index in [0.717, 1.165) is 17.0 Å². The Morgan fingerprint density at radius 2 is 1.84 bits per heavy atom. The maximum absolute atomic E-state index is 12.8. The van der Waals surface area contributed by atoms with Crippen LogP contribution in [0.3, 0.4) is 0 Å². The molecule has 0 aliphatic carbocycles. The molecule has 2 rings (SSSR count). The van der Waals surface area contributed by atoms with E-state index < -0.39 is 0 Å². The minimum atomic E-state index is -0.305. The molecule has 3 nitrogen and oxygen atoms in total. The molecular weight excluding hydrogens is 267 g/mol. The fourth-order valence-electron chi connectivity index (χ4n) is 1.71. The largest absolute Gasteiger partial charge is 0.395 e. The molecular formula is C14H16ClFN2O. The highest BCUT2D eigenvalue weighted by Gasteiger charge is 2.05. The van der Waals surface area contributed by atoms with Crippen LogP contribution in [0.1, 0.15) is 5.69 Å². The highest BCUT2D eigenvalue weighted by atomic mass is 35.5. The van der Waals surface area contributed by atoms with E-state index in [4.69, 9.17) is 10.8 Å². The molecule has 0 bridgehead atoms. The van der Waals surface area contributed by atoms with Crippen molar-refractivity contribution in [2.75, 3.05) is 6.61 Å². The summed E-state index contributed by atoms with van der Waals surface area (Å²) in [6.45, 7) is -0.0670. The minimum absolute atomic E-state index is 0. The normalized spacial score (nSPS) is 11.7. The van der Waals surface area contributed by atoms with Crippen molar-refractivity contribution in [3.8, 4) is 11.3 Å². The molecule has 0 spiro atoms. The smallest absolute Gasteiger partial charge is 0.123 e. The molecule has 0 saturated carbocycles. The number of hydrogen-bond donors (Lipinski definition) is 2. The van der Waals surface area contributed by atoms with Gasteiger partial charge >= 0.3 is 0 Å². The fourth-order valence-corrected chi connectivity index (χ4v) is 1.71. The Morgan fingerprint density at radius 3 is 2.47 bits per heavy atom. The van der Waals surface area contributed by atoms with E-state index in [2.05, 4.69) is 4.98 Å². The zero-order valence-corrected chi connectivity index (χ0v) is 11.1. The van der Waals surface area contributed by atoms with Gasteiger partial charge in [0, 0.05) is 23.7 Å². The van der Waals surface area contributed by atoms with Gasteiger partial charge in [-0.25, -0.2) is 4.39 Å². The maximum atomic E-state index is 12.8. The molecule has 102 valence electrons. The molecule has 0 saturated heterocycles. The van der Waals surface area contributed by atoms with Crippen molar-refractivity contribution in [1.82, 2.24) is 4.98 Å². The Hall–Kier alpha value is -1.49. The molecule has 0 aliphatic rings. The maximum Gasteiger partial charge on any atom is 0.123 e. The van der Waals surface area contributed by atoms with E-state index in [1.54, 1.807) is 12.1 Å². The number of nitrogens with zero attached hydrogens (tertiary/aromatic N) is 1. The summed E-state index contributed by atoms with van der Waals surface area (Å²) in [5, 5.41) is 8.92. The molecule has 1 aromatic carbocycles. The second kappa shape index (κ2) is 7.19. The Bertz CT molecular complexity index is 519. The van der Waals surface area contributed by atoms with E-state index >= 15 is 0 Å². The third-order valence-corrected chi connectivity index (χ3v) is 2.65. The molecule has 1 atom stereocenters. The zero-order chi connectivity index (χ0) is 13.0. The number of hydrogen-bond acceptors (Lipinski definition) is 3. The van der Waals surface area contributed by atoms with Gasteiger partial charge in [-0.3, -0.25) is 4.98 Å². The zero-order valence-electron chi connectivity index (χ0n) is 10.3. The van der Waals surface area contributed by atoms with E-state index in [-0.39, 0.29) is 30.9 Å². The molecule has 5 heteroatoms. The van der Waals surface area contributed by atoms with Gasteiger partial charge in [-0.1, -0.05) is 6.07 Å². The van der Waals surface area contributed by atoms with Crippen molar-refractivity contribution >= 4 is 12.4 Å². The predicted molar refractivity (Wildman–Crippen MR) is 75.6 cm³/mol. The number of rotatable bonds is 4. The summed E-state index contributed by atoms with van der Waals surface area (Å²) in [6, 6.07) is 11.5. The van der Waals surface area contributed by atoms with Crippen LogP contribution in [0.25, 0.3) is 11.3 Å². The quantitative estimate of drug-likeness (QED) is 0.903. The van der Waals surface area contributed by atoms with Gasteiger partial charge in [0.2, 0.25) is 0 Å². The third-order valence-electron chi connectivity index (χ3n) is 2.65. The Labute approximate surface area is 117 Å². The van der Waals surface area contributed by atoms with E-state index in [1.165, 1.54) is 12.1 Å². The Morgan fingerprint density at radius 1 is 1.16 bits per heavy atom. The van der Waals surface area contributed by atoms with E-state index in [0.29, 0.717) is 6.42 Å². The van der Waals surface area contributed by atoms with Crippen LogP contribution in [0.4, 0.5) is 4.39 Å². The molecule has 0 radical (unpaired) electrons. The molecule has 0 fully saturated rings. The van der Waals surface area contributed by atoms with Crippen molar-refractivity contribution in [2.45, 2.75) is 12.5 Å². The van der Waals surface area contributed by atoms with E-state index in [9.17, 15) is 4.39 Å². The number of aliphatic hydroxyl groups is 1. The summed E-state index contributed by atoms with van der Waals surface area (Å²) in [7, 11) is 0. The predicted octanol–water partition coefficient (Wildman–Crippen LogP) is 2.17. The standard InChI is InChI=1S/C14H15FN2O.ClH/c15-11-6-4-10(5-7-11)14-3-1-2-13(17-14)8-12(16)9-18;/h1-7,12,18H,8-9,16H2;1H. The van der Waals surface area contributed by atoms with Crippen LogP contribution in [-0.2, 0) is 6.42 Å². The second-order valence-electron chi connectivity index (χ2n) is 4.17. The fraction of sp³-hybridized carbons (Fsp3) is 0.214. The van der Waals surface area contributed by atoms with Gasteiger partial charge < -0.3 is 10.8 Å². The SMILES string of the molecule is Cl.NC(CO)Cc1cccc(-c2ccc(F)cc2)n1. The van der Waals surface area contributed by atoms with Crippen LogP contribution in [0.5, 0.6) is 0 Å². The molecule has 2 aromatic rings. The summed E-state index contributed by atoms with van der Waals surface area (Å²) in [5.74, 6) is -0.266. The van der Waals surface area contributed by atoms with Crippen LogP contribution in [0.15, 0.2) is 42.5 Å². The monoisotopic (exact) mass is 282 g/mol. The van der Waals surface area contributed by atoms with Crippen LogP contribution in [0, 0.1) is 5.82 Å². The first-order valence-electron chi connectivity index (χ1n) is 5.77. The average molecular weight is 283 g/mol. The lowest BCUT2D eigenvalue weighted by Crippen LogP contribution is -2.27. The van der Waals surface area contributed by atoms with E-state index in [1.807, 2.05) is 18.2 Å². The van der Waals surface area contributed by atoms with Crippen molar-refractivity contribution in [3.63, 3.8) is 0 Å². The third kappa shape index (κ3) is 4.28. The summed E-state index contributed by atoms with van der Waals surface area (Å²) in [4.78, 5) is 4.45. The number of nitrogens with two attached hydrogens (primary N) is 1. The highest BCUT2D eigenvalue weighted by molar-refractivity contribution is 5.85. The van der Waals surface area contributed by atoms with Gasteiger partial charge in [0.05, 0.1) is 12.3 Å². The molecule has 1 heterocycles. The average Bonchev–Trinajstić information content (AvgIpc) is 2.40. The topological polar surface area (TPSA) is 59.1 Å². The Balaban J connectivity index is 0.00000180. The molecule has 0 amide bonds. The number of aliphatic hydroxyl groups excluding tert-OH is 1. The second-order valence-corrected chi connectivity index (χ2v) is 4.17. The minimum Gasteiger partial charge on any atom is -0.395 e. The van der Waals surface area contributed by atoms with Crippen molar-refractivity contribution in [2.24, 2.45) is 5.73 Å². The number of aromatic nitrogens is 1. The number of benzene rings is 1. The molecule has 19 heavy (non-hydrogen) atoms. The Kier molecular flexibility index (Phi) is 5.89. The van der Waals surface area contributed by atoms with Gasteiger partial charge in [-0.15, -0.1) is 12.4 Å². The van der Waals surface area contributed by atoms with Crippen molar-refractivity contribution in [3.05, 3.63) is 54.0 Å². The molecule has 3 N–H and O–H groups in total. The van der Waals surface area contributed by atoms with Gasteiger partial charge in [0.1, 0.15) is 5.82 Å². The van der Waals surface area contributed by atoms with Crippen LogP contribution in [0.2, 0.25) is 0 Å². The van der Waals surface area contributed by atoms with Gasteiger partial charge in [0.25, 0.3) is 0 Å². The van der Waals surface area contributed by atoms with Crippen LogP contribution < -0.4 is 5.73 Å². The van der Waals surface area contributed by atoms with Gasteiger partial charge in [-0.2, -0.15) is 0 Å². The summed E-state index contributed by atoms with van der Waals surface area (Å²) < 4.78 is 12.8. The lowest BCUT2D eigenvalue weighted by molar-refractivity contribution is 0.264. The van der Waals surface area contributed by atoms with Crippen LogP contribution >= 0.6 is 12.4 Å². The summed E-state index contributed by atoms with van der Waals surface area (Å²) in [6.07, 6.45) is 0.519. The first-order chi connectivity index (χ1) is 8.69. The molecule has 0 aliphatic heterocycles. The van der Waals surface area contributed by atoms with Crippen LogP contribution in [-0.4, -0.2) is 22.7 Å². The highest BCUT2D eigenvalue weighted by Crippen LogP contribution is 2.17. The first kappa shape index (κ1) is 15.6. The van der Waals surface area contributed by atoms with Gasteiger partial charge in [-0.05, 0) is 36.4 Å².